The first-order valence-corrected chi connectivity index (χ1v) is 10.5. The Morgan fingerprint density at radius 2 is 1.89 bits per heavy atom. The van der Waals surface area contributed by atoms with Gasteiger partial charge in [-0.25, -0.2) is 17.8 Å². The zero-order chi connectivity index (χ0) is 20.1. The lowest BCUT2D eigenvalue weighted by Gasteiger charge is -2.30. The minimum Gasteiger partial charge on any atom is -0.478 e. The van der Waals surface area contributed by atoms with Gasteiger partial charge in [-0.1, -0.05) is 0 Å². The maximum absolute atomic E-state index is 12.9. The summed E-state index contributed by atoms with van der Waals surface area (Å²) in [5, 5.41) is 2.74. The number of ether oxygens (including phenoxy) is 1. The van der Waals surface area contributed by atoms with E-state index in [0.29, 0.717) is 31.0 Å². The number of piperidine rings is 1. The first kappa shape index (κ1) is 20.2. The van der Waals surface area contributed by atoms with Crippen LogP contribution in [0.1, 0.15) is 19.8 Å². The molecule has 1 aliphatic rings. The summed E-state index contributed by atoms with van der Waals surface area (Å²) in [5.74, 6) is -0.487. The average molecular weight is 407 g/mol. The Balaban J connectivity index is 1.59. The van der Waals surface area contributed by atoms with Crippen LogP contribution in [0.3, 0.4) is 0 Å². The largest absolute Gasteiger partial charge is 0.478 e. The van der Waals surface area contributed by atoms with Gasteiger partial charge >= 0.3 is 0 Å². The summed E-state index contributed by atoms with van der Waals surface area (Å²) in [6.07, 6.45) is 2.11. The molecule has 0 spiro atoms. The van der Waals surface area contributed by atoms with E-state index >= 15 is 0 Å². The second-order valence-electron chi connectivity index (χ2n) is 6.44. The number of carbonyl (C=O) groups is 1. The third kappa shape index (κ3) is 4.66. The molecule has 9 heteroatoms. The minimum atomic E-state index is -3.66. The fourth-order valence-corrected chi connectivity index (χ4v) is 4.45. The zero-order valence-corrected chi connectivity index (χ0v) is 16.3. The summed E-state index contributed by atoms with van der Waals surface area (Å²) in [4.78, 5) is 16.5. The number of hydrogen-bond donors (Lipinski definition) is 1. The van der Waals surface area contributed by atoms with E-state index in [1.54, 1.807) is 0 Å². The minimum absolute atomic E-state index is 0.102. The number of nitrogens with one attached hydrogen (secondary N) is 1. The molecule has 1 fully saturated rings. The Morgan fingerprint density at radius 1 is 1.21 bits per heavy atom. The predicted molar refractivity (Wildman–Crippen MR) is 102 cm³/mol. The number of amides is 1. The lowest BCUT2D eigenvalue weighted by atomic mass is 9.97. The molecule has 0 radical (unpaired) electrons. The highest BCUT2D eigenvalue weighted by Crippen LogP contribution is 2.25. The molecule has 1 aromatic heterocycles. The van der Waals surface area contributed by atoms with Gasteiger partial charge in [0.25, 0.3) is 0 Å². The van der Waals surface area contributed by atoms with Crippen LogP contribution in [0.2, 0.25) is 0 Å². The molecule has 1 saturated heterocycles. The van der Waals surface area contributed by atoms with Crippen molar-refractivity contribution < 1.29 is 22.3 Å². The van der Waals surface area contributed by atoms with E-state index in [1.807, 2.05) is 6.92 Å². The normalized spacial score (nSPS) is 15.9. The van der Waals surface area contributed by atoms with Gasteiger partial charge in [0, 0.05) is 30.8 Å². The summed E-state index contributed by atoms with van der Waals surface area (Å²) >= 11 is 0. The molecule has 3 rings (SSSR count). The average Bonchev–Trinajstić information content (AvgIpc) is 2.70. The van der Waals surface area contributed by atoms with Crippen molar-refractivity contribution >= 4 is 21.6 Å². The van der Waals surface area contributed by atoms with Crippen molar-refractivity contribution in [2.24, 2.45) is 5.92 Å². The fourth-order valence-electron chi connectivity index (χ4n) is 3.04. The molecule has 1 aromatic carbocycles. The summed E-state index contributed by atoms with van der Waals surface area (Å²) in [6, 6.07) is 8.53. The molecule has 0 unspecified atom stereocenters. The summed E-state index contributed by atoms with van der Waals surface area (Å²) < 4.78 is 45.1. The van der Waals surface area contributed by atoms with E-state index in [9.17, 15) is 17.6 Å². The number of sulfonamides is 1. The molecule has 1 N–H and O–H groups in total. The highest BCUT2D eigenvalue weighted by Gasteiger charge is 2.32. The molecular formula is C19H22FN3O4S. The highest BCUT2D eigenvalue weighted by atomic mass is 32.2. The highest BCUT2D eigenvalue weighted by molar-refractivity contribution is 7.89. The summed E-state index contributed by atoms with van der Waals surface area (Å²) in [6.45, 7) is 2.77. The third-order valence-electron chi connectivity index (χ3n) is 4.58. The molecule has 7 nitrogen and oxygen atoms in total. The van der Waals surface area contributed by atoms with Crippen LogP contribution >= 0.6 is 0 Å². The van der Waals surface area contributed by atoms with Crippen LogP contribution in [0.4, 0.5) is 10.1 Å². The number of hydrogen-bond acceptors (Lipinski definition) is 5. The van der Waals surface area contributed by atoms with Crippen molar-refractivity contribution in [1.82, 2.24) is 9.29 Å². The second-order valence-corrected chi connectivity index (χ2v) is 8.38. The van der Waals surface area contributed by atoms with Crippen molar-refractivity contribution in [3.05, 3.63) is 48.4 Å². The first-order chi connectivity index (χ1) is 13.4. The van der Waals surface area contributed by atoms with E-state index in [1.165, 1.54) is 46.9 Å². The maximum atomic E-state index is 12.9. The Labute approximate surface area is 163 Å². The molecule has 0 bridgehead atoms. The van der Waals surface area contributed by atoms with Gasteiger partial charge in [-0.15, -0.1) is 0 Å². The van der Waals surface area contributed by atoms with E-state index in [4.69, 9.17) is 4.74 Å². The van der Waals surface area contributed by atoms with Gasteiger partial charge in [-0.3, -0.25) is 4.79 Å². The number of anilines is 1. The molecule has 1 amide bonds. The molecule has 0 aliphatic carbocycles. The van der Waals surface area contributed by atoms with Crippen LogP contribution in [0.15, 0.2) is 47.5 Å². The third-order valence-corrected chi connectivity index (χ3v) is 6.46. The van der Waals surface area contributed by atoms with Crippen molar-refractivity contribution in [1.29, 1.82) is 0 Å². The van der Waals surface area contributed by atoms with Crippen molar-refractivity contribution in [2.75, 3.05) is 25.0 Å². The fraction of sp³-hybridized carbons (Fsp3) is 0.368. The summed E-state index contributed by atoms with van der Waals surface area (Å²) in [5.41, 5.74) is 0.516. The second kappa shape index (κ2) is 8.66. The molecule has 0 atom stereocenters. The first-order valence-electron chi connectivity index (χ1n) is 9.05. The van der Waals surface area contributed by atoms with Crippen LogP contribution in [0.5, 0.6) is 5.88 Å². The van der Waals surface area contributed by atoms with Gasteiger partial charge in [-0.05, 0) is 50.1 Å². The van der Waals surface area contributed by atoms with E-state index in [-0.39, 0.29) is 35.6 Å². The molecule has 0 saturated carbocycles. The molecule has 1 aliphatic heterocycles. The van der Waals surface area contributed by atoms with Gasteiger partial charge in [0.2, 0.25) is 21.8 Å². The van der Waals surface area contributed by atoms with E-state index in [2.05, 4.69) is 10.3 Å². The smallest absolute Gasteiger partial charge is 0.244 e. The number of rotatable bonds is 6. The molecule has 2 heterocycles. The molecule has 150 valence electrons. The van der Waals surface area contributed by atoms with Gasteiger partial charge in [0.05, 0.1) is 12.8 Å². The van der Waals surface area contributed by atoms with E-state index < -0.39 is 10.0 Å². The number of benzene rings is 1. The lowest BCUT2D eigenvalue weighted by Crippen LogP contribution is -2.41. The number of carbonyl (C=O) groups excluding carboxylic acids is 1. The zero-order valence-electron chi connectivity index (χ0n) is 15.5. The Bertz CT molecular complexity index is 909. The van der Waals surface area contributed by atoms with Crippen molar-refractivity contribution in [2.45, 2.75) is 24.7 Å². The molecular weight excluding hydrogens is 385 g/mol. The van der Waals surface area contributed by atoms with Gasteiger partial charge in [-0.2, -0.15) is 4.31 Å². The van der Waals surface area contributed by atoms with Crippen molar-refractivity contribution in [3.8, 4) is 5.88 Å². The quantitative estimate of drug-likeness (QED) is 0.795. The van der Waals surface area contributed by atoms with Crippen LogP contribution in [-0.2, 0) is 14.8 Å². The van der Waals surface area contributed by atoms with Gasteiger partial charge < -0.3 is 10.1 Å². The summed E-state index contributed by atoms with van der Waals surface area (Å²) in [7, 11) is -3.66. The standard InChI is InChI=1S/C19H22FN3O4S/c1-2-27-18-8-7-17(13-21-18)28(25,26)23-11-9-14(10-12-23)19(24)22-16-5-3-15(20)4-6-16/h3-8,13-14H,2,9-12H2,1H3,(H,22,24). The predicted octanol–water partition coefficient (Wildman–Crippen LogP) is 2.66. The number of halogens is 1. The Hall–Kier alpha value is -2.52. The lowest BCUT2D eigenvalue weighted by molar-refractivity contribution is -0.120. The van der Waals surface area contributed by atoms with Crippen molar-refractivity contribution in [3.63, 3.8) is 0 Å². The van der Waals surface area contributed by atoms with Crippen LogP contribution < -0.4 is 10.1 Å². The Kier molecular flexibility index (Phi) is 6.25. The monoisotopic (exact) mass is 407 g/mol. The van der Waals surface area contributed by atoms with Crippen LogP contribution in [0.25, 0.3) is 0 Å². The van der Waals surface area contributed by atoms with Crippen LogP contribution in [0, 0.1) is 11.7 Å². The number of nitrogens with zero attached hydrogens (tertiary/aromatic N) is 2. The number of aromatic nitrogens is 1. The topological polar surface area (TPSA) is 88.6 Å². The van der Waals surface area contributed by atoms with Gasteiger partial charge in [0.1, 0.15) is 10.7 Å². The maximum Gasteiger partial charge on any atom is 0.244 e. The van der Waals surface area contributed by atoms with E-state index in [0.717, 1.165) is 0 Å². The molecule has 28 heavy (non-hydrogen) atoms. The Morgan fingerprint density at radius 3 is 2.46 bits per heavy atom. The number of pyridine rings is 1. The van der Waals surface area contributed by atoms with Gasteiger partial charge in [0.15, 0.2) is 0 Å². The SMILES string of the molecule is CCOc1ccc(S(=O)(=O)N2CCC(C(=O)Nc3ccc(F)cc3)CC2)cn1. The molecule has 2 aromatic rings. The van der Waals surface area contributed by atoms with Crippen LogP contribution in [-0.4, -0.2) is 43.3 Å².